The molecule has 3 saturated heterocycles. The third-order valence-electron chi connectivity index (χ3n) is 4.29. The lowest BCUT2D eigenvalue weighted by Crippen LogP contribution is -2.43. The van der Waals surface area contributed by atoms with Crippen molar-refractivity contribution in [2.75, 3.05) is 6.61 Å². The van der Waals surface area contributed by atoms with Crippen molar-refractivity contribution in [2.45, 2.75) is 56.9 Å². The van der Waals surface area contributed by atoms with Crippen LogP contribution >= 0.6 is 0 Å². The van der Waals surface area contributed by atoms with Gasteiger partial charge in [0, 0.05) is 0 Å². The van der Waals surface area contributed by atoms with Crippen LogP contribution in [0.5, 0.6) is 0 Å². The minimum absolute atomic E-state index is 0.136. The highest BCUT2D eigenvalue weighted by atomic mass is 16.8. The number of hydrogen-bond acceptors (Lipinski definition) is 7. The van der Waals surface area contributed by atoms with Gasteiger partial charge in [-0.05, 0) is 19.4 Å². The Morgan fingerprint density at radius 1 is 1.17 bits per heavy atom. The molecule has 0 amide bonds. The maximum absolute atomic E-state index is 11.2. The van der Waals surface area contributed by atoms with Crippen molar-refractivity contribution in [3.8, 4) is 0 Å². The largest absolute Gasteiger partial charge is 0.508 e. The number of cyclic esters (lactones) is 2. The zero-order valence-electron chi connectivity index (χ0n) is 13.5. The molecule has 7 nitrogen and oxygen atoms in total. The molecule has 0 spiro atoms. The molecule has 3 aliphatic rings. The van der Waals surface area contributed by atoms with Crippen molar-refractivity contribution in [3.05, 3.63) is 35.9 Å². The normalized spacial score (nSPS) is 37.1. The van der Waals surface area contributed by atoms with E-state index in [0.717, 1.165) is 5.56 Å². The zero-order chi connectivity index (χ0) is 16.7. The van der Waals surface area contributed by atoms with Crippen LogP contribution in [0.25, 0.3) is 0 Å². The molecule has 0 bridgehead atoms. The van der Waals surface area contributed by atoms with Gasteiger partial charge in [-0.25, -0.2) is 4.79 Å². The SMILES string of the molecule is CC1(C)O[C@H]2O[C@H]([C@H]3COC(=O)O3)[C@H](OCc3ccccc3)[C@H]2O1. The fraction of sp³-hybridized carbons (Fsp3) is 0.588. The van der Waals surface area contributed by atoms with Crippen molar-refractivity contribution in [2.24, 2.45) is 0 Å². The van der Waals surface area contributed by atoms with Crippen LogP contribution in [0.1, 0.15) is 19.4 Å². The summed E-state index contributed by atoms with van der Waals surface area (Å²) >= 11 is 0. The molecular weight excluding hydrogens is 316 g/mol. The molecule has 0 radical (unpaired) electrons. The lowest BCUT2D eigenvalue weighted by Gasteiger charge is -2.27. The zero-order valence-corrected chi connectivity index (χ0v) is 13.5. The molecule has 5 atom stereocenters. The van der Waals surface area contributed by atoms with E-state index in [4.69, 9.17) is 28.4 Å². The smallest absolute Gasteiger partial charge is 0.430 e. The second kappa shape index (κ2) is 6.00. The molecule has 4 rings (SSSR count). The second-order valence-corrected chi connectivity index (χ2v) is 6.55. The van der Waals surface area contributed by atoms with Gasteiger partial charge in [0.2, 0.25) is 0 Å². The number of rotatable bonds is 4. The molecule has 0 unspecified atom stereocenters. The quantitative estimate of drug-likeness (QED) is 0.779. The topological polar surface area (TPSA) is 72.5 Å². The molecule has 3 fully saturated rings. The molecule has 3 heterocycles. The Balaban J connectivity index is 1.50. The van der Waals surface area contributed by atoms with E-state index in [0.29, 0.717) is 6.61 Å². The summed E-state index contributed by atoms with van der Waals surface area (Å²) in [5, 5.41) is 0. The lowest BCUT2D eigenvalue weighted by atomic mass is 10.1. The first-order valence-electron chi connectivity index (χ1n) is 8.02. The van der Waals surface area contributed by atoms with Gasteiger partial charge in [0.05, 0.1) is 6.61 Å². The van der Waals surface area contributed by atoms with Crippen molar-refractivity contribution >= 4 is 6.16 Å². The van der Waals surface area contributed by atoms with Crippen LogP contribution < -0.4 is 0 Å². The minimum Gasteiger partial charge on any atom is -0.430 e. The van der Waals surface area contributed by atoms with Crippen LogP contribution in [-0.4, -0.2) is 49.3 Å². The van der Waals surface area contributed by atoms with Gasteiger partial charge in [0.15, 0.2) is 18.2 Å². The summed E-state index contributed by atoms with van der Waals surface area (Å²) < 4.78 is 33.7. The van der Waals surface area contributed by atoms with Crippen LogP contribution in [0.2, 0.25) is 0 Å². The summed E-state index contributed by atoms with van der Waals surface area (Å²) in [6.07, 6.45) is -3.07. The van der Waals surface area contributed by atoms with E-state index >= 15 is 0 Å². The molecule has 7 heteroatoms. The van der Waals surface area contributed by atoms with Crippen molar-refractivity contribution in [3.63, 3.8) is 0 Å². The van der Waals surface area contributed by atoms with Crippen LogP contribution in [0.3, 0.4) is 0 Å². The van der Waals surface area contributed by atoms with Crippen molar-refractivity contribution < 1.29 is 33.2 Å². The predicted octanol–water partition coefficient (Wildman–Crippen LogP) is 1.98. The Bertz CT molecular complexity index is 602. The van der Waals surface area contributed by atoms with E-state index in [-0.39, 0.29) is 12.7 Å². The predicted molar refractivity (Wildman–Crippen MR) is 79.9 cm³/mol. The maximum atomic E-state index is 11.2. The standard InChI is InChI=1S/C17H20O7/c1-17(2)23-14-13(19-8-10-6-4-3-5-7-10)12(22-15(14)24-17)11-9-20-16(18)21-11/h3-7,11-15H,8-9H2,1-2H3/t11-,12-,13+,14-,15-/m1/s1. The second-order valence-electron chi connectivity index (χ2n) is 6.55. The van der Waals surface area contributed by atoms with Gasteiger partial charge in [-0.3, -0.25) is 0 Å². The highest BCUT2D eigenvalue weighted by Crippen LogP contribution is 2.41. The molecule has 0 N–H and O–H groups in total. The highest BCUT2D eigenvalue weighted by molar-refractivity contribution is 5.62. The Kier molecular flexibility index (Phi) is 3.96. The van der Waals surface area contributed by atoms with Gasteiger partial charge in [-0.15, -0.1) is 0 Å². The van der Waals surface area contributed by atoms with Gasteiger partial charge >= 0.3 is 6.16 Å². The van der Waals surface area contributed by atoms with Gasteiger partial charge in [0.1, 0.15) is 24.9 Å². The summed E-state index contributed by atoms with van der Waals surface area (Å²) in [4.78, 5) is 11.2. The summed E-state index contributed by atoms with van der Waals surface area (Å²) in [6.45, 7) is 4.20. The number of hydrogen-bond donors (Lipinski definition) is 0. The average molecular weight is 336 g/mol. The van der Waals surface area contributed by atoms with Gasteiger partial charge < -0.3 is 28.4 Å². The molecule has 0 aliphatic carbocycles. The lowest BCUT2D eigenvalue weighted by molar-refractivity contribution is -0.228. The summed E-state index contributed by atoms with van der Waals surface area (Å²) in [5.41, 5.74) is 1.04. The van der Waals surface area contributed by atoms with E-state index in [1.54, 1.807) is 0 Å². The molecule has 0 aromatic heterocycles. The fourth-order valence-corrected chi connectivity index (χ4v) is 3.26. The van der Waals surface area contributed by atoms with Crippen molar-refractivity contribution in [1.29, 1.82) is 0 Å². The Morgan fingerprint density at radius 2 is 1.96 bits per heavy atom. The minimum atomic E-state index is -0.739. The van der Waals surface area contributed by atoms with E-state index in [9.17, 15) is 4.79 Å². The number of carbonyl (C=O) groups excluding carboxylic acids is 1. The van der Waals surface area contributed by atoms with E-state index in [2.05, 4.69) is 0 Å². The number of carbonyl (C=O) groups is 1. The van der Waals surface area contributed by atoms with Gasteiger partial charge in [0.25, 0.3) is 0 Å². The Hall–Kier alpha value is -1.67. The van der Waals surface area contributed by atoms with Crippen LogP contribution in [0, 0.1) is 0 Å². The third kappa shape index (κ3) is 3.00. The number of fused-ring (bicyclic) bond motifs is 1. The first-order chi connectivity index (χ1) is 11.5. The van der Waals surface area contributed by atoms with E-state index in [1.165, 1.54) is 0 Å². The molecular formula is C17H20O7. The Morgan fingerprint density at radius 3 is 2.67 bits per heavy atom. The summed E-state index contributed by atoms with van der Waals surface area (Å²) in [5.74, 6) is -0.739. The van der Waals surface area contributed by atoms with Crippen LogP contribution in [0.4, 0.5) is 4.79 Å². The number of ether oxygens (including phenoxy) is 6. The highest BCUT2D eigenvalue weighted by Gasteiger charge is 2.58. The summed E-state index contributed by atoms with van der Waals surface area (Å²) in [6, 6.07) is 9.82. The van der Waals surface area contributed by atoms with Crippen LogP contribution in [-0.2, 0) is 35.0 Å². The monoisotopic (exact) mass is 336 g/mol. The molecule has 24 heavy (non-hydrogen) atoms. The Labute approximate surface area is 139 Å². The van der Waals surface area contributed by atoms with Gasteiger partial charge in [-0.2, -0.15) is 0 Å². The van der Waals surface area contributed by atoms with Gasteiger partial charge in [-0.1, -0.05) is 30.3 Å². The number of benzene rings is 1. The first-order valence-corrected chi connectivity index (χ1v) is 8.02. The molecule has 0 saturated carbocycles. The fourth-order valence-electron chi connectivity index (χ4n) is 3.26. The van der Waals surface area contributed by atoms with E-state index in [1.807, 2.05) is 44.2 Å². The molecule has 1 aromatic carbocycles. The summed E-state index contributed by atoms with van der Waals surface area (Å²) in [7, 11) is 0. The average Bonchev–Trinajstić information content (AvgIpc) is 3.18. The first kappa shape index (κ1) is 15.8. The molecule has 3 aliphatic heterocycles. The molecule has 1 aromatic rings. The van der Waals surface area contributed by atoms with E-state index < -0.39 is 36.5 Å². The molecule has 130 valence electrons. The van der Waals surface area contributed by atoms with Crippen molar-refractivity contribution in [1.82, 2.24) is 0 Å². The van der Waals surface area contributed by atoms with Crippen LogP contribution in [0.15, 0.2) is 30.3 Å². The maximum Gasteiger partial charge on any atom is 0.508 e. The third-order valence-corrected chi connectivity index (χ3v) is 4.29.